The molecule has 0 saturated carbocycles. The number of likely N-dealkylation sites (N-methyl/N-ethyl adjacent to an activating group) is 1. The van der Waals surface area contributed by atoms with E-state index in [-0.39, 0.29) is 59.9 Å². The van der Waals surface area contributed by atoms with Gasteiger partial charge in [0.05, 0.1) is 18.5 Å². The summed E-state index contributed by atoms with van der Waals surface area (Å²) >= 11 is 1.45. The molecule has 37 heavy (non-hydrogen) atoms. The number of nitrogens with two attached hydrogens (primary N) is 1. The maximum absolute atomic E-state index is 13.0. The van der Waals surface area contributed by atoms with Crippen molar-refractivity contribution in [2.45, 2.75) is 56.1 Å². The molecule has 0 aliphatic carbocycles. The van der Waals surface area contributed by atoms with Crippen molar-refractivity contribution < 1.29 is 27.9 Å². The first-order chi connectivity index (χ1) is 17.4. The molecule has 0 aromatic rings. The van der Waals surface area contributed by atoms with Crippen LogP contribution in [0, 0.1) is 11.8 Å². The Kier molecular flexibility index (Phi) is 8.52. The summed E-state index contributed by atoms with van der Waals surface area (Å²) in [5.74, 6) is -2.35. The fraction of sp³-hybridized carbons (Fsp3) is 0.773. The number of β-lactam (4-membered cyclic amide) rings is 1. The van der Waals surface area contributed by atoms with Crippen molar-refractivity contribution >= 4 is 39.8 Å². The number of carboxylic acids is 1. The van der Waals surface area contributed by atoms with Gasteiger partial charge in [-0.15, -0.1) is 11.8 Å². The molecule has 15 heteroatoms. The summed E-state index contributed by atoms with van der Waals surface area (Å²) in [5, 5.41) is 18.9. The summed E-state index contributed by atoms with van der Waals surface area (Å²) in [6, 6.07) is -0.984. The van der Waals surface area contributed by atoms with E-state index in [1.165, 1.54) is 21.0 Å². The van der Waals surface area contributed by atoms with Gasteiger partial charge in [-0.25, -0.2) is 9.52 Å². The Labute approximate surface area is 221 Å². The second-order valence-corrected chi connectivity index (χ2v) is 13.4. The number of carbonyl (C=O) groups excluding carboxylic acids is 2. The quantitative estimate of drug-likeness (QED) is 0.152. The van der Waals surface area contributed by atoms with E-state index < -0.39 is 28.1 Å². The summed E-state index contributed by atoms with van der Waals surface area (Å²) in [7, 11) is -1.94. The number of hydrogen-bond acceptors (Lipinski definition) is 9. The van der Waals surface area contributed by atoms with Crippen LogP contribution in [0.2, 0.25) is 0 Å². The zero-order chi connectivity index (χ0) is 27.1. The van der Waals surface area contributed by atoms with Gasteiger partial charge >= 0.3 is 5.97 Å². The lowest BCUT2D eigenvalue weighted by Crippen LogP contribution is -2.66. The largest absolute Gasteiger partial charge is 0.477 e. The zero-order valence-corrected chi connectivity index (χ0v) is 22.9. The smallest absolute Gasteiger partial charge is 0.353 e. The molecule has 2 amide bonds. The molecule has 0 radical (unpaired) electrons. The first-order valence-electron chi connectivity index (χ1n) is 12.6. The van der Waals surface area contributed by atoms with E-state index in [0.29, 0.717) is 37.4 Å². The fourth-order valence-corrected chi connectivity index (χ4v) is 8.57. The van der Waals surface area contributed by atoms with Crippen LogP contribution in [0.25, 0.3) is 0 Å². The standard InChI is InChI=1S/C22H37N7O6S2/c1-11-18-17(12(2)27-16(30)9-24-3)21(31)29(18)19(22(32)33)20(11)36-15-6-14(25-8-15)7-26-37(34,35)28-5-4-13(23)10-28/h11-15,17-18,24-26H,4-10,23H2,1-3H3,(H,27,30)(H,32,33)/t11-,12-,13+,14+,15+,17-,18-/m1/s1. The molecule has 4 rings (SSSR count). The van der Waals surface area contributed by atoms with Crippen molar-refractivity contribution in [3.63, 3.8) is 0 Å². The Morgan fingerprint density at radius 1 is 1.35 bits per heavy atom. The van der Waals surface area contributed by atoms with Crippen molar-refractivity contribution in [2.75, 3.05) is 39.8 Å². The third kappa shape index (κ3) is 5.67. The van der Waals surface area contributed by atoms with Gasteiger partial charge in [-0.2, -0.15) is 12.7 Å². The van der Waals surface area contributed by atoms with E-state index in [1.54, 1.807) is 14.0 Å². The fourth-order valence-electron chi connectivity index (χ4n) is 5.73. The number of carboxylic acid groups (broad SMARTS) is 1. The highest BCUT2D eigenvalue weighted by molar-refractivity contribution is 8.03. The van der Waals surface area contributed by atoms with Crippen LogP contribution < -0.4 is 26.4 Å². The van der Waals surface area contributed by atoms with E-state index in [4.69, 9.17) is 5.73 Å². The highest BCUT2D eigenvalue weighted by atomic mass is 32.2. The number of nitrogens with one attached hydrogen (secondary N) is 4. The monoisotopic (exact) mass is 559 g/mol. The Bertz CT molecular complexity index is 1070. The topological polar surface area (TPSA) is 186 Å². The van der Waals surface area contributed by atoms with Crippen molar-refractivity contribution in [1.29, 1.82) is 0 Å². The van der Waals surface area contributed by atoms with Gasteiger partial charge in [-0.05, 0) is 26.8 Å². The normalized spacial score (nSPS) is 33.0. The Hall–Kier alpha value is -1.75. The van der Waals surface area contributed by atoms with Crippen LogP contribution in [0.5, 0.6) is 0 Å². The predicted octanol–water partition coefficient (Wildman–Crippen LogP) is -2.19. The average molecular weight is 560 g/mol. The second-order valence-electron chi connectivity index (χ2n) is 10.3. The molecule has 208 valence electrons. The molecular formula is C22H37N7O6S2. The second kappa shape index (κ2) is 11.2. The number of hydrogen-bond donors (Lipinski definition) is 6. The number of nitrogens with zero attached hydrogens (tertiary/aromatic N) is 2. The van der Waals surface area contributed by atoms with Crippen LogP contribution in [0.15, 0.2) is 10.6 Å². The lowest BCUT2D eigenvalue weighted by molar-refractivity contribution is -0.158. The average Bonchev–Trinajstić information content (AvgIpc) is 3.51. The number of aliphatic carboxylic acids is 1. The summed E-state index contributed by atoms with van der Waals surface area (Å²) in [6.07, 6.45) is 1.29. The van der Waals surface area contributed by atoms with Gasteiger partial charge in [-0.1, -0.05) is 6.92 Å². The Morgan fingerprint density at radius 3 is 2.70 bits per heavy atom. The molecule has 4 aliphatic rings. The molecule has 4 heterocycles. The lowest BCUT2D eigenvalue weighted by Gasteiger charge is -2.47. The van der Waals surface area contributed by atoms with Gasteiger partial charge in [0, 0.05) is 60.4 Å². The Balaban J connectivity index is 1.37. The van der Waals surface area contributed by atoms with Crippen LogP contribution in [0.1, 0.15) is 26.7 Å². The van der Waals surface area contributed by atoms with Crippen molar-refractivity contribution in [3.8, 4) is 0 Å². The minimum atomic E-state index is -3.60. The third-order valence-electron chi connectivity index (χ3n) is 7.57. The van der Waals surface area contributed by atoms with E-state index >= 15 is 0 Å². The molecule has 7 atom stereocenters. The molecule has 4 aliphatic heterocycles. The molecule has 0 spiro atoms. The summed E-state index contributed by atoms with van der Waals surface area (Å²) < 4.78 is 29.1. The summed E-state index contributed by atoms with van der Waals surface area (Å²) in [4.78, 5) is 39.2. The number of carbonyl (C=O) groups is 3. The summed E-state index contributed by atoms with van der Waals surface area (Å²) in [5.41, 5.74) is 5.85. The van der Waals surface area contributed by atoms with Crippen molar-refractivity contribution in [1.82, 2.24) is 29.9 Å². The zero-order valence-electron chi connectivity index (χ0n) is 21.3. The SMILES string of the molecule is CNCC(=O)N[C@H](C)[C@H]1C(=O)N2C(C(=O)O)=C(S[C@@H]3CN[C@H](CNS(=O)(=O)N4CC[C@H](N)C4)C3)[C@H](C)[C@H]12. The number of thioether (sulfide) groups is 1. The van der Waals surface area contributed by atoms with E-state index in [1.807, 2.05) is 6.92 Å². The van der Waals surface area contributed by atoms with Gasteiger partial charge < -0.3 is 31.7 Å². The van der Waals surface area contributed by atoms with Crippen LogP contribution in [-0.4, -0.2) is 110 Å². The van der Waals surface area contributed by atoms with Crippen LogP contribution in [0.3, 0.4) is 0 Å². The first kappa shape index (κ1) is 28.3. The molecule has 13 nitrogen and oxygen atoms in total. The van der Waals surface area contributed by atoms with Crippen LogP contribution >= 0.6 is 11.8 Å². The highest BCUT2D eigenvalue weighted by Crippen LogP contribution is 2.51. The molecule has 0 aromatic carbocycles. The Morgan fingerprint density at radius 2 is 2.08 bits per heavy atom. The van der Waals surface area contributed by atoms with Gasteiger partial charge in [-0.3, -0.25) is 9.59 Å². The molecule has 3 saturated heterocycles. The van der Waals surface area contributed by atoms with Gasteiger partial charge in [0.15, 0.2) is 0 Å². The minimum absolute atomic E-state index is 0.0204. The van der Waals surface area contributed by atoms with Gasteiger partial charge in [0.1, 0.15) is 5.70 Å². The highest BCUT2D eigenvalue weighted by Gasteiger charge is 2.60. The van der Waals surface area contributed by atoms with Gasteiger partial charge in [0.2, 0.25) is 11.8 Å². The van der Waals surface area contributed by atoms with Crippen molar-refractivity contribution in [3.05, 3.63) is 10.6 Å². The van der Waals surface area contributed by atoms with E-state index in [0.717, 1.165) is 0 Å². The number of fused-ring (bicyclic) bond motifs is 1. The molecule has 0 bridgehead atoms. The van der Waals surface area contributed by atoms with Crippen LogP contribution in [-0.2, 0) is 24.6 Å². The van der Waals surface area contributed by atoms with Crippen molar-refractivity contribution in [2.24, 2.45) is 17.6 Å². The van der Waals surface area contributed by atoms with E-state index in [2.05, 4.69) is 20.7 Å². The first-order valence-corrected chi connectivity index (χ1v) is 14.9. The molecule has 0 aromatic heterocycles. The van der Waals surface area contributed by atoms with Gasteiger partial charge in [0.25, 0.3) is 10.2 Å². The minimum Gasteiger partial charge on any atom is -0.477 e. The maximum Gasteiger partial charge on any atom is 0.353 e. The molecule has 0 unspecified atom stereocenters. The third-order valence-corrected chi connectivity index (χ3v) is 10.6. The number of amides is 2. The summed E-state index contributed by atoms with van der Waals surface area (Å²) in [6.45, 7) is 5.36. The molecule has 3 fully saturated rings. The molecule has 7 N–H and O–H groups in total. The maximum atomic E-state index is 13.0. The predicted molar refractivity (Wildman–Crippen MR) is 138 cm³/mol. The molecular weight excluding hydrogens is 522 g/mol. The number of rotatable bonds is 11. The van der Waals surface area contributed by atoms with Crippen LogP contribution in [0.4, 0.5) is 0 Å². The van der Waals surface area contributed by atoms with E-state index in [9.17, 15) is 27.9 Å². The lowest BCUT2D eigenvalue weighted by atomic mass is 9.78.